The fourth-order valence-electron chi connectivity index (χ4n) is 2.81. The molecule has 0 aliphatic rings. The number of hydrogen-bond donors (Lipinski definition) is 0. The van der Waals surface area contributed by atoms with Crippen LogP contribution in [0.4, 0.5) is 0 Å². The van der Waals surface area contributed by atoms with Gasteiger partial charge in [0, 0.05) is 29.6 Å². The monoisotopic (exact) mass is 366 g/mol. The maximum absolute atomic E-state index is 12.7. The van der Waals surface area contributed by atoms with Gasteiger partial charge < -0.3 is 4.74 Å². The fourth-order valence-corrected chi connectivity index (χ4v) is 2.94. The third kappa shape index (κ3) is 4.30. The van der Waals surface area contributed by atoms with Gasteiger partial charge in [0.25, 0.3) is 0 Å². The molecule has 0 spiro atoms. The molecule has 1 unspecified atom stereocenters. The summed E-state index contributed by atoms with van der Waals surface area (Å²) in [4.78, 5) is 12.7. The van der Waals surface area contributed by atoms with Gasteiger partial charge in [0.05, 0.1) is 7.11 Å². The molecule has 0 bridgehead atoms. The Morgan fingerprint density at radius 3 is 2.12 bits per heavy atom. The Balaban J connectivity index is 1.70. The van der Waals surface area contributed by atoms with E-state index in [-0.39, 0.29) is 11.8 Å². The van der Waals surface area contributed by atoms with Crippen LogP contribution in [0.3, 0.4) is 0 Å². The van der Waals surface area contributed by atoms with Gasteiger partial charge in [0.1, 0.15) is 5.75 Å². The summed E-state index contributed by atoms with van der Waals surface area (Å²) in [5, 5.41) is 0.741. The lowest BCUT2D eigenvalue weighted by Gasteiger charge is -2.08. The van der Waals surface area contributed by atoms with Crippen LogP contribution in [0.1, 0.15) is 34.5 Å². The van der Waals surface area contributed by atoms with Gasteiger partial charge in [-0.2, -0.15) is 4.57 Å². The maximum Gasteiger partial charge on any atom is 0.230 e. The summed E-state index contributed by atoms with van der Waals surface area (Å²) in [6.07, 6.45) is 4.74. The molecule has 0 amide bonds. The molecule has 132 valence electrons. The highest BCUT2D eigenvalue weighted by Crippen LogP contribution is 2.16. The van der Waals surface area contributed by atoms with Gasteiger partial charge >= 0.3 is 0 Å². The standard InChI is InChI=1S/C22H21ClNO2/c1-16(22(25)19-5-9-21(26-2)10-6-19)24-13-11-18(12-14-24)15-17-3-7-20(23)8-4-17/h3-14,16H,15H2,1-2H3/q+1. The molecule has 4 heteroatoms. The molecule has 0 fully saturated rings. The first kappa shape index (κ1) is 18.2. The maximum atomic E-state index is 12.7. The van der Waals surface area contributed by atoms with E-state index in [2.05, 4.69) is 0 Å². The second kappa shape index (κ2) is 8.15. The summed E-state index contributed by atoms with van der Waals surface area (Å²) in [6.45, 7) is 1.91. The van der Waals surface area contributed by atoms with Gasteiger partial charge in [-0.05, 0) is 53.9 Å². The zero-order valence-corrected chi connectivity index (χ0v) is 15.6. The highest BCUT2D eigenvalue weighted by Gasteiger charge is 2.23. The predicted molar refractivity (Wildman–Crippen MR) is 103 cm³/mol. The number of ketones is 1. The minimum atomic E-state index is -0.270. The van der Waals surface area contributed by atoms with Crippen LogP contribution in [-0.2, 0) is 6.42 Å². The van der Waals surface area contributed by atoms with Gasteiger partial charge in [-0.15, -0.1) is 0 Å². The number of aromatic nitrogens is 1. The molecule has 0 aliphatic heterocycles. The number of Topliss-reactive ketones (excluding diaryl/α,β-unsaturated/α-hetero) is 1. The number of rotatable bonds is 6. The molecule has 0 N–H and O–H groups in total. The Kier molecular flexibility index (Phi) is 5.69. The average molecular weight is 367 g/mol. The number of benzene rings is 2. The summed E-state index contributed by atoms with van der Waals surface area (Å²) in [5.41, 5.74) is 3.07. The Hall–Kier alpha value is -2.65. The van der Waals surface area contributed by atoms with Gasteiger partial charge in [0.2, 0.25) is 11.8 Å². The van der Waals surface area contributed by atoms with Crippen molar-refractivity contribution >= 4 is 17.4 Å². The Bertz CT molecular complexity index is 872. The van der Waals surface area contributed by atoms with Crippen LogP contribution in [-0.4, -0.2) is 12.9 Å². The minimum Gasteiger partial charge on any atom is -0.497 e. The third-order valence-electron chi connectivity index (χ3n) is 4.44. The highest BCUT2D eigenvalue weighted by atomic mass is 35.5. The fraction of sp³-hybridized carbons (Fsp3) is 0.182. The van der Waals surface area contributed by atoms with Crippen LogP contribution in [0, 0.1) is 0 Å². The van der Waals surface area contributed by atoms with Crippen molar-refractivity contribution in [3.63, 3.8) is 0 Å². The Morgan fingerprint density at radius 2 is 1.54 bits per heavy atom. The summed E-state index contributed by atoms with van der Waals surface area (Å²) in [7, 11) is 1.61. The largest absolute Gasteiger partial charge is 0.497 e. The summed E-state index contributed by atoms with van der Waals surface area (Å²) in [5.74, 6) is 0.816. The molecule has 2 aromatic carbocycles. The third-order valence-corrected chi connectivity index (χ3v) is 4.70. The number of ether oxygens (including phenoxy) is 1. The number of hydrogen-bond acceptors (Lipinski definition) is 2. The molecule has 0 saturated carbocycles. The molecular formula is C22H21ClNO2+. The topological polar surface area (TPSA) is 30.2 Å². The number of carbonyl (C=O) groups excluding carboxylic acids is 1. The van der Waals surface area contributed by atoms with Crippen molar-refractivity contribution in [1.29, 1.82) is 0 Å². The highest BCUT2D eigenvalue weighted by molar-refractivity contribution is 6.30. The SMILES string of the molecule is COc1ccc(C(=O)C(C)[n+]2ccc(Cc3ccc(Cl)cc3)cc2)cc1. The number of halogens is 1. The number of methoxy groups -OCH3 is 1. The van der Waals surface area contributed by atoms with E-state index in [4.69, 9.17) is 16.3 Å². The molecule has 1 aromatic heterocycles. The predicted octanol–water partition coefficient (Wildman–Crippen LogP) is 4.67. The first-order chi connectivity index (χ1) is 12.6. The molecule has 0 radical (unpaired) electrons. The first-order valence-corrected chi connectivity index (χ1v) is 8.87. The number of pyridine rings is 1. The first-order valence-electron chi connectivity index (χ1n) is 8.49. The van der Waals surface area contributed by atoms with Crippen LogP contribution in [0.2, 0.25) is 5.02 Å². The lowest BCUT2D eigenvalue weighted by molar-refractivity contribution is -0.704. The van der Waals surface area contributed by atoms with Crippen LogP contribution >= 0.6 is 11.6 Å². The van der Waals surface area contributed by atoms with Crippen LogP contribution < -0.4 is 9.30 Å². The van der Waals surface area contributed by atoms with E-state index in [0.717, 1.165) is 17.2 Å². The van der Waals surface area contributed by atoms with E-state index in [1.165, 1.54) is 11.1 Å². The van der Waals surface area contributed by atoms with E-state index < -0.39 is 0 Å². The molecule has 3 rings (SSSR count). The van der Waals surface area contributed by atoms with Gasteiger partial charge in [-0.1, -0.05) is 23.7 Å². The number of carbonyl (C=O) groups is 1. The van der Waals surface area contributed by atoms with Crippen molar-refractivity contribution in [3.8, 4) is 5.75 Å². The summed E-state index contributed by atoms with van der Waals surface area (Å²) >= 11 is 5.93. The molecular weight excluding hydrogens is 346 g/mol. The molecule has 1 heterocycles. The lowest BCUT2D eigenvalue weighted by atomic mass is 10.0. The average Bonchev–Trinajstić information content (AvgIpc) is 2.69. The van der Waals surface area contributed by atoms with Crippen LogP contribution in [0.15, 0.2) is 73.1 Å². The zero-order chi connectivity index (χ0) is 18.5. The van der Waals surface area contributed by atoms with Crippen molar-refractivity contribution in [3.05, 3.63) is 94.8 Å². The second-order valence-corrected chi connectivity index (χ2v) is 6.66. The quantitative estimate of drug-likeness (QED) is 0.468. The van der Waals surface area contributed by atoms with Crippen molar-refractivity contribution in [2.75, 3.05) is 7.11 Å². The Morgan fingerprint density at radius 1 is 0.962 bits per heavy atom. The normalized spacial score (nSPS) is 11.8. The van der Waals surface area contributed by atoms with Crippen molar-refractivity contribution in [1.82, 2.24) is 0 Å². The van der Waals surface area contributed by atoms with Crippen molar-refractivity contribution in [2.24, 2.45) is 0 Å². The van der Waals surface area contributed by atoms with Crippen LogP contribution in [0.25, 0.3) is 0 Å². The van der Waals surface area contributed by atoms with Crippen molar-refractivity contribution in [2.45, 2.75) is 19.4 Å². The molecule has 0 aliphatic carbocycles. The summed E-state index contributed by atoms with van der Waals surface area (Å²) < 4.78 is 7.07. The van der Waals surface area contributed by atoms with E-state index in [9.17, 15) is 4.79 Å². The molecule has 1 atom stereocenters. The molecule has 3 aromatic rings. The van der Waals surface area contributed by atoms with Gasteiger partial charge in [-0.25, -0.2) is 0 Å². The number of nitrogens with zero attached hydrogens (tertiary/aromatic N) is 1. The molecule has 0 saturated heterocycles. The van der Waals surface area contributed by atoms with E-state index in [1.54, 1.807) is 31.4 Å². The minimum absolute atomic E-state index is 0.0723. The molecule has 26 heavy (non-hydrogen) atoms. The summed E-state index contributed by atoms with van der Waals surface area (Å²) in [6, 6.07) is 18.9. The zero-order valence-electron chi connectivity index (χ0n) is 14.9. The molecule has 3 nitrogen and oxygen atoms in total. The Labute approximate surface area is 158 Å². The van der Waals surface area contributed by atoms with E-state index >= 15 is 0 Å². The lowest BCUT2D eigenvalue weighted by Crippen LogP contribution is -2.41. The van der Waals surface area contributed by atoms with Gasteiger partial charge in [-0.3, -0.25) is 4.79 Å². The van der Waals surface area contributed by atoms with Crippen molar-refractivity contribution < 1.29 is 14.1 Å². The van der Waals surface area contributed by atoms with Crippen LogP contribution in [0.5, 0.6) is 5.75 Å². The second-order valence-electron chi connectivity index (χ2n) is 6.23. The van der Waals surface area contributed by atoms with E-state index in [1.807, 2.05) is 60.3 Å². The van der Waals surface area contributed by atoms with E-state index in [0.29, 0.717) is 5.56 Å². The smallest absolute Gasteiger partial charge is 0.230 e. The van der Waals surface area contributed by atoms with Gasteiger partial charge in [0.15, 0.2) is 12.4 Å².